The number of anilines is 1. The lowest BCUT2D eigenvalue weighted by Crippen LogP contribution is -2.12. The number of para-hydroxylation sites is 1. The Balaban J connectivity index is 2.12. The summed E-state index contributed by atoms with van der Waals surface area (Å²) in [6, 6.07) is 8.24. The molecular weight excluding hydrogens is 170 g/mol. The highest BCUT2D eigenvalue weighted by atomic mass is 14.6. The monoisotopic (exact) mass is 188 g/mol. The van der Waals surface area contributed by atoms with E-state index in [1.165, 1.54) is 31.2 Å². The predicted molar refractivity (Wildman–Crippen MR) is 60.8 cm³/mol. The van der Waals surface area contributed by atoms with E-state index in [1.54, 1.807) is 5.92 Å². The molecule has 0 aromatic heterocycles. The van der Waals surface area contributed by atoms with E-state index in [1.807, 2.05) is 12.1 Å². The van der Waals surface area contributed by atoms with Crippen LogP contribution in [-0.2, 0) is 0 Å². The van der Waals surface area contributed by atoms with Crippen LogP contribution in [0.4, 0.5) is 5.69 Å². The van der Waals surface area contributed by atoms with Crippen LogP contribution in [0.5, 0.6) is 0 Å². The summed E-state index contributed by atoms with van der Waals surface area (Å²) in [7, 11) is 0. The smallest absolute Gasteiger partial charge is 0.0352 e. The quantitative estimate of drug-likeness (QED) is 0.671. The fraction of sp³-hybridized carbons (Fsp3) is 0.462. The first kappa shape index (κ1) is 9.57. The molecule has 1 aliphatic rings. The predicted octanol–water partition coefficient (Wildman–Crippen LogP) is 3.40. The summed E-state index contributed by atoms with van der Waals surface area (Å²) in [6.45, 7) is 2.34. The van der Waals surface area contributed by atoms with E-state index >= 15 is 0 Å². The largest absolute Gasteiger partial charge is 0.398 e. The van der Waals surface area contributed by atoms with Gasteiger partial charge in [0.1, 0.15) is 0 Å². The van der Waals surface area contributed by atoms with Crippen LogP contribution in [0.2, 0.25) is 0 Å². The summed E-state index contributed by atoms with van der Waals surface area (Å²) in [6.07, 6.45) is 5.11. The van der Waals surface area contributed by atoms with Crippen LogP contribution in [0.3, 0.4) is 0 Å². The summed E-state index contributed by atoms with van der Waals surface area (Å²) in [5.74, 6) is 2.45. The molecule has 75 valence electrons. The van der Waals surface area contributed by atoms with Gasteiger partial charge in [0.15, 0.2) is 0 Å². The van der Waals surface area contributed by atoms with Gasteiger partial charge in [0, 0.05) is 11.6 Å². The minimum Gasteiger partial charge on any atom is -0.398 e. The maximum absolute atomic E-state index is 5.97. The highest BCUT2D eigenvalue weighted by Crippen LogP contribution is 2.36. The Morgan fingerprint density at radius 3 is 2.43 bits per heavy atom. The van der Waals surface area contributed by atoms with Crippen molar-refractivity contribution in [1.82, 2.24) is 0 Å². The fourth-order valence-electron chi connectivity index (χ4n) is 2.20. The van der Waals surface area contributed by atoms with Gasteiger partial charge >= 0.3 is 0 Å². The average molecular weight is 188 g/mol. The van der Waals surface area contributed by atoms with Gasteiger partial charge in [-0.1, -0.05) is 25.1 Å². The maximum atomic E-state index is 5.97. The van der Waals surface area contributed by atoms with E-state index in [9.17, 15) is 0 Å². The van der Waals surface area contributed by atoms with Crippen molar-refractivity contribution in [2.75, 3.05) is 5.73 Å². The fourth-order valence-corrected chi connectivity index (χ4v) is 2.20. The summed E-state index contributed by atoms with van der Waals surface area (Å²) in [5.41, 5.74) is 8.20. The molecule has 0 unspecified atom stereocenters. The van der Waals surface area contributed by atoms with Gasteiger partial charge in [-0.05, 0) is 43.2 Å². The highest BCUT2D eigenvalue weighted by molar-refractivity contribution is 5.53. The molecule has 0 saturated heterocycles. The first-order valence-electron chi connectivity index (χ1n) is 5.47. The Kier molecular flexibility index (Phi) is 2.76. The van der Waals surface area contributed by atoms with Gasteiger partial charge in [0.2, 0.25) is 0 Å². The van der Waals surface area contributed by atoms with Crippen molar-refractivity contribution >= 4 is 5.69 Å². The normalized spacial score (nSPS) is 19.8. The van der Waals surface area contributed by atoms with E-state index in [0.29, 0.717) is 0 Å². The van der Waals surface area contributed by atoms with Crippen molar-refractivity contribution in [2.45, 2.75) is 32.6 Å². The molecule has 2 rings (SSSR count). The van der Waals surface area contributed by atoms with E-state index in [-0.39, 0.29) is 0 Å². The molecule has 0 aliphatic heterocycles. The summed E-state index contributed by atoms with van der Waals surface area (Å²) in [4.78, 5) is 0. The number of nitrogens with two attached hydrogens (primary N) is 1. The number of nitrogen functional groups attached to an aromatic ring is 1. The molecule has 0 amide bonds. The van der Waals surface area contributed by atoms with Crippen LogP contribution < -0.4 is 5.73 Å². The Labute approximate surface area is 86.3 Å². The van der Waals surface area contributed by atoms with Gasteiger partial charge in [-0.25, -0.2) is 0 Å². The Hall–Kier alpha value is -0.980. The zero-order valence-corrected chi connectivity index (χ0v) is 8.79. The molecule has 0 spiro atoms. The van der Waals surface area contributed by atoms with Gasteiger partial charge in [0.05, 0.1) is 0 Å². The van der Waals surface area contributed by atoms with Crippen LogP contribution in [0.25, 0.3) is 0 Å². The maximum Gasteiger partial charge on any atom is 0.0352 e. The average Bonchev–Trinajstić information content (AvgIpc) is 2.20. The van der Waals surface area contributed by atoms with Gasteiger partial charge < -0.3 is 5.73 Å². The third kappa shape index (κ3) is 1.92. The topological polar surface area (TPSA) is 26.0 Å². The molecule has 0 heterocycles. The molecule has 0 bridgehead atoms. The lowest BCUT2D eigenvalue weighted by Gasteiger charge is -2.26. The molecule has 1 heteroatoms. The molecule has 0 atom stereocenters. The number of rotatable bonds is 1. The standard InChI is InChI=1S/C13H18N/c1-10-6-8-11(9-7-10)12-4-2-3-5-13(12)14/h2-5,10H,6-9,14H2,1H3. The molecule has 1 aromatic carbocycles. The van der Waals surface area contributed by atoms with Crippen molar-refractivity contribution in [3.05, 3.63) is 35.7 Å². The third-order valence-corrected chi connectivity index (χ3v) is 3.22. The molecule has 2 N–H and O–H groups in total. The zero-order valence-electron chi connectivity index (χ0n) is 8.79. The molecule has 1 radical (unpaired) electrons. The second-order valence-corrected chi connectivity index (χ2v) is 4.37. The lowest BCUT2D eigenvalue weighted by molar-refractivity contribution is 0.417. The van der Waals surface area contributed by atoms with E-state index in [2.05, 4.69) is 19.1 Å². The SMILES string of the molecule is CC1CC[C](c2ccccc2N)CC1. The number of hydrogen-bond donors (Lipinski definition) is 1. The van der Waals surface area contributed by atoms with E-state index in [0.717, 1.165) is 11.6 Å². The Bertz CT molecular complexity index is 298. The van der Waals surface area contributed by atoms with Crippen LogP contribution >= 0.6 is 0 Å². The first-order chi connectivity index (χ1) is 6.77. The van der Waals surface area contributed by atoms with Crippen molar-refractivity contribution in [3.8, 4) is 0 Å². The molecule has 1 nitrogen and oxygen atoms in total. The molecular formula is C13H18N. The highest BCUT2D eigenvalue weighted by Gasteiger charge is 2.21. The second-order valence-electron chi connectivity index (χ2n) is 4.37. The van der Waals surface area contributed by atoms with E-state index in [4.69, 9.17) is 5.73 Å². The molecule has 1 aliphatic carbocycles. The van der Waals surface area contributed by atoms with Gasteiger partial charge in [0.25, 0.3) is 0 Å². The van der Waals surface area contributed by atoms with Crippen molar-refractivity contribution in [2.24, 2.45) is 5.92 Å². The van der Waals surface area contributed by atoms with Crippen LogP contribution in [0.15, 0.2) is 24.3 Å². The van der Waals surface area contributed by atoms with Crippen LogP contribution in [0, 0.1) is 11.8 Å². The van der Waals surface area contributed by atoms with Gasteiger partial charge in [-0.2, -0.15) is 0 Å². The zero-order chi connectivity index (χ0) is 9.97. The van der Waals surface area contributed by atoms with Crippen LogP contribution in [-0.4, -0.2) is 0 Å². The molecule has 1 fully saturated rings. The van der Waals surface area contributed by atoms with E-state index < -0.39 is 0 Å². The minimum absolute atomic E-state index is 0.892. The second kappa shape index (κ2) is 4.04. The Morgan fingerprint density at radius 2 is 1.79 bits per heavy atom. The number of benzene rings is 1. The first-order valence-corrected chi connectivity index (χ1v) is 5.47. The molecule has 1 aromatic rings. The third-order valence-electron chi connectivity index (χ3n) is 3.22. The lowest BCUT2D eigenvalue weighted by atomic mass is 9.79. The molecule has 14 heavy (non-hydrogen) atoms. The summed E-state index contributed by atoms with van der Waals surface area (Å²) >= 11 is 0. The van der Waals surface area contributed by atoms with Crippen LogP contribution in [0.1, 0.15) is 38.2 Å². The summed E-state index contributed by atoms with van der Waals surface area (Å²) < 4.78 is 0. The Morgan fingerprint density at radius 1 is 1.14 bits per heavy atom. The van der Waals surface area contributed by atoms with Gasteiger partial charge in [-0.15, -0.1) is 0 Å². The van der Waals surface area contributed by atoms with Crippen molar-refractivity contribution in [3.63, 3.8) is 0 Å². The number of hydrogen-bond acceptors (Lipinski definition) is 1. The van der Waals surface area contributed by atoms with Gasteiger partial charge in [-0.3, -0.25) is 0 Å². The minimum atomic E-state index is 0.892. The molecule has 1 saturated carbocycles. The van der Waals surface area contributed by atoms with Crippen molar-refractivity contribution < 1.29 is 0 Å². The van der Waals surface area contributed by atoms with Crippen molar-refractivity contribution in [1.29, 1.82) is 0 Å². The summed E-state index contributed by atoms with van der Waals surface area (Å²) in [5, 5.41) is 0.